The van der Waals surface area contributed by atoms with E-state index in [4.69, 9.17) is 9.47 Å². The minimum atomic E-state index is -0.00519. The van der Waals surface area contributed by atoms with Gasteiger partial charge in [-0.3, -0.25) is 9.59 Å². The van der Waals surface area contributed by atoms with Gasteiger partial charge in [-0.1, -0.05) is 52.4 Å². The van der Waals surface area contributed by atoms with Gasteiger partial charge in [-0.15, -0.1) is 0 Å². The van der Waals surface area contributed by atoms with Gasteiger partial charge in [-0.25, -0.2) is 0 Å². The van der Waals surface area contributed by atoms with E-state index in [9.17, 15) is 9.59 Å². The molecule has 0 heterocycles. The van der Waals surface area contributed by atoms with Gasteiger partial charge in [0.25, 0.3) is 0 Å². The van der Waals surface area contributed by atoms with Crippen LogP contribution in [-0.2, 0) is 19.1 Å². The van der Waals surface area contributed by atoms with E-state index < -0.39 is 0 Å². The summed E-state index contributed by atoms with van der Waals surface area (Å²) in [5.41, 5.74) is 0. The van der Waals surface area contributed by atoms with Crippen molar-refractivity contribution >= 4 is 11.9 Å². The van der Waals surface area contributed by atoms with Gasteiger partial charge >= 0.3 is 11.9 Å². The molecule has 2 unspecified atom stereocenters. The molecule has 0 aromatic heterocycles. The fraction of sp³-hybridized carbons (Fsp3) is 0.909. The summed E-state index contributed by atoms with van der Waals surface area (Å²) >= 11 is 0. The molecule has 0 N–H and O–H groups in total. The van der Waals surface area contributed by atoms with Gasteiger partial charge in [0.1, 0.15) is 0 Å². The van der Waals surface area contributed by atoms with Crippen LogP contribution in [0.3, 0.4) is 0 Å². The number of esters is 2. The predicted octanol–water partition coefficient (Wildman–Crippen LogP) is 5.53. The summed E-state index contributed by atoms with van der Waals surface area (Å²) in [5.74, 6) is 1.37. The number of ether oxygens (including phenoxy) is 2. The summed E-state index contributed by atoms with van der Waals surface area (Å²) in [6, 6.07) is 0. The van der Waals surface area contributed by atoms with Crippen LogP contribution in [0.1, 0.15) is 91.9 Å². The molecule has 0 spiro atoms. The van der Waals surface area contributed by atoms with Crippen molar-refractivity contribution in [3.63, 3.8) is 0 Å². The van der Waals surface area contributed by atoms with Gasteiger partial charge in [0.05, 0.1) is 25.0 Å². The average Bonchev–Trinajstić information content (AvgIpc) is 2.69. The summed E-state index contributed by atoms with van der Waals surface area (Å²) in [6.07, 6.45) is 12.7. The number of carbonyl (C=O) groups excluding carboxylic acids is 2. The van der Waals surface area contributed by atoms with Crippen molar-refractivity contribution in [3.8, 4) is 0 Å². The molecule has 2 saturated carbocycles. The van der Waals surface area contributed by atoms with Crippen LogP contribution in [0, 0.1) is 23.7 Å². The first-order valence-electron chi connectivity index (χ1n) is 10.8. The second-order valence-electron chi connectivity index (χ2n) is 7.88. The highest BCUT2D eigenvalue weighted by Gasteiger charge is 2.27. The van der Waals surface area contributed by atoms with Crippen molar-refractivity contribution < 1.29 is 19.1 Å². The van der Waals surface area contributed by atoms with Crippen molar-refractivity contribution in [2.75, 3.05) is 13.2 Å². The predicted molar refractivity (Wildman–Crippen MR) is 105 cm³/mol. The Labute approximate surface area is 160 Å². The van der Waals surface area contributed by atoms with E-state index in [2.05, 4.69) is 0 Å². The van der Waals surface area contributed by atoms with E-state index in [-0.39, 0.29) is 23.8 Å². The molecule has 2 fully saturated rings. The van der Waals surface area contributed by atoms with E-state index in [0.29, 0.717) is 25.0 Å². The Kier molecular flexibility index (Phi) is 11.6. The third kappa shape index (κ3) is 8.09. The third-order valence-electron chi connectivity index (χ3n) is 6.03. The molecule has 0 aromatic rings. The van der Waals surface area contributed by atoms with Crippen molar-refractivity contribution in [3.05, 3.63) is 0 Å². The molecule has 0 radical (unpaired) electrons. The van der Waals surface area contributed by atoms with Crippen LogP contribution in [0.5, 0.6) is 0 Å². The fourth-order valence-corrected chi connectivity index (χ4v) is 4.20. The van der Waals surface area contributed by atoms with Crippen LogP contribution >= 0.6 is 0 Å². The summed E-state index contributed by atoms with van der Waals surface area (Å²) in [4.78, 5) is 22.8. The highest BCUT2D eigenvalue weighted by atomic mass is 16.5. The minimum Gasteiger partial charge on any atom is -0.466 e. The highest BCUT2D eigenvalue weighted by Crippen LogP contribution is 2.31. The zero-order valence-corrected chi connectivity index (χ0v) is 17.4. The number of hydrogen-bond donors (Lipinski definition) is 0. The van der Waals surface area contributed by atoms with E-state index in [1.807, 2.05) is 27.7 Å². The van der Waals surface area contributed by atoms with Crippen molar-refractivity contribution in [1.29, 1.82) is 0 Å². The lowest BCUT2D eigenvalue weighted by Gasteiger charge is -2.25. The molecule has 2 aliphatic carbocycles. The van der Waals surface area contributed by atoms with Gasteiger partial charge in [0, 0.05) is 0 Å². The molecule has 2 rings (SSSR count). The molecular weight excluding hydrogens is 328 g/mol. The molecule has 0 aliphatic heterocycles. The van der Waals surface area contributed by atoms with Gasteiger partial charge < -0.3 is 9.47 Å². The van der Waals surface area contributed by atoms with E-state index in [0.717, 1.165) is 0 Å². The van der Waals surface area contributed by atoms with E-state index in [1.54, 1.807) is 0 Å². The molecule has 152 valence electrons. The van der Waals surface area contributed by atoms with E-state index in [1.165, 1.54) is 64.2 Å². The highest BCUT2D eigenvalue weighted by molar-refractivity contribution is 5.72. The monoisotopic (exact) mass is 368 g/mol. The van der Waals surface area contributed by atoms with Crippen molar-refractivity contribution in [1.82, 2.24) is 0 Å². The largest absolute Gasteiger partial charge is 0.466 e. The molecule has 0 bridgehead atoms. The first-order chi connectivity index (χ1) is 12.5. The quantitative estimate of drug-likeness (QED) is 0.578. The minimum absolute atomic E-state index is 0.00519. The average molecular weight is 369 g/mol. The van der Waals surface area contributed by atoms with Crippen LogP contribution in [0.2, 0.25) is 0 Å². The number of hydrogen-bond acceptors (Lipinski definition) is 4. The Balaban J connectivity index is 0.000000260. The molecule has 2 aliphatic rings. The summed E-state index contributed by atoms with van der Waals surface area (Å²) in [7, 11) is 0. The molecule has 0 amide bonds. The zero-order chi connectivity index (χ0) is 19.4. The third-order valence-corrected chi connectivity index (χ3v) is 6.03. The molecular formula is C22H40O4. The molecule has 26 heavy (non-hydrogen) atoms. The lowest BCUT2D eigenvalue weighted by molar-refractivity contribution is -0.150. The van der Waals surface area contributed by atoms with Gasteiger partial charge in [0.15, 0.2) is 0 Å². The SMILES string of the molecule is CCOC(=O)C(C)C1CCCCC1.CCOC(=O)C(C)C1CCCCC1. The maximum Gasteiger partial charge on any atom is 0.308 e. The first-order valence-corrected chi connectivity index (χ1v) is 10.8. The Hall–Kier alpha value is -1.06. The molecule has 4 nitrogen and oxygen atoms in total. The summed E-state index contributed by atoms with van der Waals surface area (Å²) in [5, 5.41) is 0. The van der Waals surface area contributed by atoms with Gasteiger partial charge in [0.2, 0.25) is 0 Å². The summed E-state index contributed by atoms with van der Waals surface area (Å²) in [6.45, 7) is 8.77. The smallest absolute Gasteiger partial charge is 0.308 e. The molecule has 0 aromatic carbocycles. The van der Waals surface area contributed by atoms with Crippen LogP contribution in [0.25, 0.3) is 0 Å². The Morgan fingerprint density at radius 1 is 0.692 bits per heavy atom. The number of carbonyl (C=O) groups is 2. The second-order valence-corrected chi connectivity index (χ2v) is 7.88. The topological polar surface area (TPSA) is 52.6 Å². The van der Waals surface area contributed by atoms with Crippen LogP contribution in [-0.4, -0.2) is 25.2 Å². The van der Waals surface area contributed by atoms with Crippen LogP contribution in [0.15, 0.2) is 0 Å². The van der Waals surface area contributed by atoms with Gasteiger partial charge in [-0.05, 0) is 51.4 Å². The second kappa shape index (κ2) is 13.2. The van der Waals surface area contributed by atoms with Crippen LogP contribution in [0.4, 0.5) is 0 Å². The van der Waals surface area contributed by atoms with E-state index >= 15 is 0 Å². The standard InChI is InChI=1S/2C11H20O2/c2*1-3-13-11(12)9(2)10-7-5-4-6-8-10/h2*9-10H,3-8H2,1-2H3. The first kappa shape index (κ1) is 23.0. The van der Waals surface area contributed by atoms with Crippen molar-refractivity contribution in [2.24, 2.45) is 23.7 Å². The zero-order valence-electron chi connectivity index (χ0n) is 17.4. The Morgan fingerprint density at radius 3 is 1.27 bits per heavy atom. The number of rotatable bonds is 6. The lowest BCUT2D eigenvalue weighted by atomic mass is 9.81. The summed E-state index contributed by atoms with van der Waals surface area (Å²) < 4.78 is 10.0. The molecule has 2 atom stereocenters. The molecule has 4 heteroatoms. The van der Waals surface area contributed by atoms with Gasteiger partial charge in [-0.2, -0.15) is 0 Å². The maximum atomic E-state index is 11.4. The Morgan fingerprint density at radius 2 is 1.00 bits per heavy atom. The Bertz CT molecular complexity index is 357. The van der Waals surface area contributed by atoms with Crippen molar-refractivity contribution in [2.45, 2.75) is 91.9 Å². The maximum absolute atomic E-state index is 11.4. The fourth-order valence-electron chi connectivity index (χ4n) is 4.20. The lowest BCUT2D eigenvalue weighted by Crippen LogP contribution is -2.24. The normalized spacial score (nSPS) is 21.1. The van der Waals surface area contributed by atoms with Crippen LogP contribution < -0.4 is 0 Å². The molecule has 0 saturated heterocycles.